The van der Waals surface area contributed by atoms with Crippen molar-refractivity contribution in [2.24, 2.45) is 4.99 Å². The highest BCUT2D eigenvalue weighted by Crippen LogP contribution is 2.25. The molecule has 0 amide bonds. The van der Waals surface area contributed by atoms with Crippen molar-refractivity contribution in [3.63, 3.8) is 0 Å². The van der Waals surface area contributed by atoms with Crippen LogP contribution in [0.4, 0.5) is 17.2 Å². The molecule has 0 unspecified atom stereocenters. The summed E-state index contributed by atoms with van der Waals surface area (Å²) in [5.41, 5.74) is 3.48. The fourth-order valence-corrected chi connectivity index (χ4v) is 3.53. The molecule has 7 heteroatoms. The number of aromatic nitrogens is 1. The van der Waals surface area contributed by atoms with E-state index in [0.29, 0.717) is 11.0 Å². The normalized spacial score (nSPS) is 13.7. The molecule has 1 aromatic heterocycles. The van der Waals surface area contributed by atoms with Gasteiger partial charge in [-0.2, -0.15) is 5.26 Å². The lowest BCUT2D eigenvalue weighted by Crippen LogP contribution is -2.21. The minimum atomic E-state index is 0.329. The second kappa shape index (κ2) is 9.29. The third kappa shape index (κ3) is 4.88. The molecule has 0 radical (unpaired) electrons. The van der Waals surface area contributed by atoms with Crippen molar-refractivity contribution in [3.8, 4) is 17.5 Å². The number of halogens is 1. The summed E-state index contributed by atoms with van der Waals surface area (Å²) >= 11 is 5.93. The zero-order valence-corrected chi connectivity index (χ0v) is 17.1. The van der Waals surface area contributed by atoms with Crippen LogP contribution in [0.2, 0.25) is 5.02 Å². The van der Waals surface area contributed by atoms with E-state index in [9.17, 15) is 0 Å². The van der Waals surface area contributed by atoms with E-state index in [2.05, 4.69) is 26.6 Å². The summed E-state index contributed by atoms with van der Waals surface area (Å²) in [5, 5.41) is 16.0. The summed E-state index contributed by atoms with van der Waals surface area (Å²) < 4.78 is 0. The second-order valence-corrected chi connectivity index (χ2v) is 7.41. The standard InChI is InChI=1S/C23H21ClN6/c24-18-9-11-19(12-10-18)27-23(26-16-25)28-20-6-3-5-17(15-20)21-7-4-8-22(29-21)30-13-1-2-14-30/h3-12,15H,1-2,13-14H2,(H2,26,27,28). The van der Waals surface area contributed by atoms with Gasteiger partial charge in [0.25, 0.3) is 0 Å². The number of hydrogen-bond acceptors (Lipinski definition) is 4. The number of nitrogens with zero attached hydrogens (tertiary/aromatic N) is 4. The monoisotopic (exact) mass is 416 g/mol. The SMILES string of the molecule is N#C/N=C(/Nc1ccc(Cl)cc1)Nc1cccc(-c2cccc(N3CCCC3)n2)c1. The minimum absolute atomic E-state index is 0.329. The molecule has 0 atom stereocenters. The third-order valence-electron chi connectivity index (χ3n) is 4.85. The van der Waals surface area contributed by atoms with Crippen LogP contribution in [0, 0.1) is 11.5 Å². The molecule has 0 spiro atoms. The molecule has 2 aromatic carbocycles. The Bertz CT molecular complexity index is 1080. The Morgan fingerprint density at radius 2 is 1.70 bits per heavy atom. The van der Waals surface area contributed by atoms with Gasteiger partial charge in [-0.25, -0.2) is 4.98 Å². The predicted octanol–water partition coefficient (Wildman–Crippen LogP) is 5.36. The van der Waals surface area contributed by atoms with Gasteiger partial charge in [-0.05, 0) is 61.4 Å². The van der Waals surface area contributed by atoms with Gasteiger partial charge in [0, 0.05) is 35.1 Å². The Labute approximate surface area is 180 Å². The maximum atomic E-state index is 9.05. The van der Waals surface area contributed by atoms with E-state index < -0.39 is 0 Å². The van der Waals surface area contributed by atoms with Crippen molar-refractivity contribution in [1.82, 2.24) is 4.98 Å². The van der Waals surface area contributed by atoms with Crippen LogP contribution < -0.4 is 15.5 Å². The van der Waals surface area contributed by atoms with Crippen LogP contribution in [0.15, 0.2) is 71.7 Å². The number of aliphatic imine (C=N–C) groups is 1. The van der Waals surface area contributed by atoms with Crippen molar-refractivity contribution >= 4 is 34.8 Å². The summed E-state index contributed by atoms with van der Waals surface area (Å²) in [5.74, 6) is 1.34. The fraction of sp³-hybridized carbons (Fsp3) is 0.174. The number of anilines is 3. The Morgan fingerprint density at radius 3 is 2.47 bits per heavy atom. The molecule has 2 N–H and O–H groups in total. The summed E-state index contributed by atoms with van der Waals surface area (Å²) in [6, 6.07) is 21.2. The zero-order valence-electron chi connectivity index (χ0n) is 16.3. The van der Waals surface area contributed by atoms with Gasteiger partial charge in [0.1, 0.15) is 5.82 Å². The number of rotatable bonds is 4. The van der Waals surface area contributed by atoms with Gasteiger partial charge in [0.05, 0.1) is 5.69 Å². The highest BCUT2D eigenvalue weighted by molar-refractivity contribution is 6.30. The van der Waals surface area contributed by atoms with Gasteiger partial charge in [0.2, 0.25) is 12.2 Å². The van der Waals surface area contributed by atoms with Crippen LogP contribution in [0.3, 0.4) is 0 Å². The van der Waals surface area contributed by atoms with Gasteiger partial charge in [-0.1, -0.05) is 29.8 Å². The number of benzene rings is 2. The van der Waals surface area contributed by atoms with E-state index >= 15 is 0 Å². The fourth-order valence-electron chi connectivity index (χ4n) is 3.41. The Hall–Kier alpha value is -3.56. The van der Waals surface area contributed by atoms with Crippen LogP contribution in [-0.4, -0.2) is 24.0 Å². The smallest absolute Gasteiger partial charge is 0.216 e. The van der Waals surface area contributed by atoms with Crippen LogP contribution in [0.25, 0.3) is 11.3 Å². The Balaban J connectivity index is 1.53. The first-order chi connectivity index (χ1) is 14.7. The first kappa shape index (κ1) is 19.7. The number of hydrogen-bond donors (Lipinski definition) is 2. The molecule has 1 fully saturated rings. The molecule has 3 aromatic rings. The van der Waals surface area contributed by atoms with E-state index in [-0.39, 0.29) is 0 Å². The van der Waals surface area contributed by atoms with Crippen molar-refractivity contribution in [3.05, 3.63) is 71.8 Å². The molecule has 1 aliphatic heterocycles. The van der Waals surface area contributed by atoms with E-state index in [1.54, 1.807) is 12.1 Å². The molecule has 30 heavy (non-hydrogen) atoms. The van der Waals surface area contributed by atoms with E-state index in [4.69, 9.17) is 21.8 Å². The summed E-state index contributed by atoms with van der Waals surface area (Å²) in [4.78, 5) is 11.0. The topological polar surface area (TPSA) is 76.3 Å². The van der Waals surface area contributed by atoms with Crippen LogP contribution in [0.1, 0.15) is 12.8 Å². The number of nitrogens with one attached hydrogen (secondary N) is 2. The number of pyridine rings is 1. The van der Waals surface area contributed by atoms with Gasteiger partial charge in [-0.15, -0.1) is 4.99 Å². The minimum Gasteiger partial charge on any atom is -0.357 e. The molecule has 150 valence electrons. The average molecular weight is 417 g/mol. The first-order valence-corrected chi connectivity index (χ1v) is 10.2. The molecule has 4 rings (SSSR count). The van der Waals surface area contributed by atoms with E-state index in [0.717, 1.165) is 41.5 Å². The predicted molar refractivity (Wildman–Crippen MR) is 123 cm³/mol. The number of guanidine groups is 1. The lowest BCUT2D eigenvalue weighted by molar-refractivity contribution is 0.939. The largest absolute Gasteiger partial charge is 0.357 e. The zero-order chi connectivity index (χ0) is 20.8. The maximum Gasteiger partial charge on any atom is 0.216 e. The van der Waals surface area contributed by atoms with Gasteiger partial charge >= 0.3 is 0 Å². The second-order valence-electron chi connectivity index (χ2n) is 6.97. The van der Waals surface area contributed by atoms with Crippen molar-refractivity contribution in [1.29, 1.82) is 5.26 Å². The maximum absolute atomic E-state index is 9.05. The average Bonchev–Trinajstić information content (AvgIpc) is 3.31. The van der Waals surface area contributed by atoms with Crippen LogP contribution in [0.5, 0.6) is 0 Å². The van der Waals surface area contributed by atoms with E-state index in [1.165, 1.54) is 12.8 Å². The summed E-state index contributed by atoms with van der Waals surface area (Å²) in [6.45, 7) is 2.12. The quantitative estimate of drug-likeness (QED) is 0.340. The molecule has 0 bridgehead atoms. The molecule has 2 heterocycles. The molecule has 1 aliphatic rings. The molecular weight excluding hydrogens is 396 g/mol. The Kier molecular flexibility index (Phi) is 6.11. The number of nitriles is 1. The molecular formula is C23H21ClN6. The lowest BCUT2D eigenvalue weighted by Gasteiger charge is -2.17. The van der Waals surface area contributed by atoms with Crippen molar-refractivity contribution < 1.29 is 0 Å². The highest BCUT2D eigenvalue weighted by Gasteiger charge is 2.14. The van der Waals surface area contributed by atoms with E-state index in [1.807, 2.05) is 54.7 Å². The van der Waals surface area contributed by atoms with Crippen LogP contribution >= 0.6 is 11.6 Å². The van der Waals surface area contributed by atoms with Gasteiger partial charge < -0.3 is 15.5 Å². The molecule has 0 aliphatic carbocycles. The highest BCUT2D eigenvalue weighted by atomic mass is 35.5. The van der Waals surface area contributed by atoms with Crippen LogP contribution in [-0.2, 0) is 0 Å². The third-order valence-corrected chi connectivity index (χ3v) is 5.11. The molecule has 6 nitrogen and oxygen atoms in total. The van der Waals surface area contributed by atoms with Gasteiger partial charge in [-0.3, -0.25) is 0 Å². The van der Waals surface area contributed by atoms with Crippen molar-refractivity contribution in [2.45, 2.75) is 12.8 Å². The lowest BCUT2D eigenvalue weighted by atomic mass is 10.1. The summed E-state index contributed by atoms with van der Waals surface area (Å²) in [7, 11) is 0. The van der Waals surface area contributed by atoms with Crippen molar-refractivity contribution in [2.75, 3.05) is 28.6 Å². The first-order valence-electron chi connectivity index (χ1n) is 9.80. The Morgan fingerprint density at radius 1 is 0.967 bits per heavy atom. The van der Waals surface area contributed by atoms with Gasteiger partial charge in [0.15, 0.2) is 0 Å². The molecule has 0 saturated carbocycles. The summed E-state index contributed by atoms with van der Waals surface area (Å²) in [6.07, 6.45) is 4.25. The molecule has 1 saturated heterocycles.